The van der Waals surface area contributed by atoms with Crippen molar-refractivity contribution in [2.24, 2.45) is 5.41 Å². The van der Waals surface area contributed by atoms with Crippen LogP contribution in [0, 0.1) is 17.1 Å². The predicted molar refractivity (Wildman–Crippen MR) is 69.2 cm³/mol. The Hall–Kier alpha value is -1.09. The molecule has 3 rings (SSSR count). The maximum Gasteiger partial charge on any atom is 0.178 e. The first-order valence-electron chi connectivity index (χ1n) is 5.77. The van der Waals surface area contributed by atoms with Crippen molar-refractivity contribution in [3.8, 4) is 0 Å². The van der Waals surface area contributed by atoms with Crippen molar-refractivity contribution < 1.29 is 0 Å². The fourth-order valence-electron chi connectivity index (χ4n) is 2.17. The lowest BCUT2D eigenvalue weighted by atomic mass is 10.1. The number of aromatic amines is 1. The summed E-state index contributed by atoms with van der Waals surface area (Å²) in [7, 11) is 0. The summed E-state index contributed by atoms with van der Waals surface area (Å²) < 4.78 is 3.11. The van der Waals surface area contributed by atoms with E-state index in [-0.39, 0.29) is 0 Å². The molecule has 0 bridgehead atoms. The largest absolute Gasteiger partial charge is 0.331 e. The third-order valence-electron chi connectivity index (χ3n) is 3.57. The fourth-order valence-corrected chi connectivity index (χ4v) is 2.45. The molecule has 1 aromatic heterocycles. The van der Waals surface area contributed by atoms with E-state index in [2.05, 4.69) is 41.6 Å². The van der Waals surface area contributed by atoms with Gasteiger partial charge in [0, 0.05) is 6.54 Å². The molecule has 0 atom stereocenters. The Kier molecular flexibility index (Phi) is 2.02. The molecule has 0 amide bonds. The highest BCUT2D eigenvalue weighted by molar-refractivity contribution is 7.71. The van der Waals surface area contributed by atoms with Gasteiger partial charge in [-0.1, -0.05) is 13.0 Å². The van der Waals surface area contributed by atoms with Gasteiger partial charge in [-0.25, -0.2) is 0 Å². The summed E-state index contributed by atoms with van der Waals surface area (Å²) in [6.07, 6.45) is 2.65. The zero-order valence-corrected chi connectivity index (χ0v) is 10.5. The van der Waals surface area contributed by atoms with Crippen LogP contribution in [0.3, 0.4) is 0 Å². The van der Waals surface area contributed by atoms with Crippen LogP contribution in [0.2, 0.25) is 0 Å². The van der Waals surface area contributed by atoms with E-state index < -0.39 is 0 Å². The second-order valence-electron chi connectivity index (χ2n) is 5.35. The lowest BCUT2D eigenvalue weighted by Gasteiger charge is -2.10. The number of aromatic nitrogens is 2. The van der Waals surface area contributed by atoms with Crippen molar-refractivity contribution in [1.82, 2.24) is 9.55 Å². The van der Waals surface area contributed by atoms with Crippen LogP contribution in [0.4, 0.5) is 0 Å². The topological polar surface area (TPSA) is 20.7 Å². The van der Waals surface area contributed by atoms with Gasteiger partial charge in [0.05, 0.1) is 11.0 Å². The van der Waals surface area contributed by atoms with E-state index in [9.17, 15) is 0 Å². The molecule has 16 heavy (non-hydrogen) atoms. The molecule has 1 heterocycles. The minimum absolute atomic E-state index is 0.483. The van der Waals surface area contributed by atoms with Gasteiger partial charge in [0.1, 0.15) is 0 Å². The normalized spacial score (nSPS) is 17.9. The average Bonchev–Trinajstić information content (AvgIpc) is 2.88. The first-order chi connectivity index (χ1) is 7.57. The number of benzene rings is 1. The van der Waals surface area contributed by atoms with E-state index >= 15 is 0 Å². The van der Waals surface area contributed by atoms with Crippen LogP contribution in [-0.2, 0) is 6.54 Å². The summed E-state index contributed by atoms with van der Waals surface area (Å²) in [5.74, 6) is 0. The van der Waals surface area contributed by atoms with Gasteiger partial charge in [0.25, 0.3) is 0 Å². The Bertz CT molecular complexity index is 602. The maximum atomic E-state index is 5.40. The van der Waals surface area contributed by atoms with Gasteiger partial charge < -0.3 is 9.55 Å². The molecular weight excluding hydrogens is 216 g/mol. The number of nitrogens with one attached hydrogen (secondary N) is 1. The van der Waals surface area contributed by atoms with Gasteiger partial charge >= 0.3 is 0 Å². The van der Waals surface area contributed by atoms with Crippen molar-refractivity contribution in [1.29, 1.82) is 0 Å². The molecule has 1 aromatic carbocycles. The van der Waals surface area contributed by atoms with Gasteiger partial charge in [-0.3, -0.25) is 0 Å². The highest BCUT2D eigenvalue weighted by Crippen LogP contribution is 2.46. The number of fused-ring (bicyclic) bond motifs is 1. The lowest BCUT2D eigenvalue weighted by molar-refractivity contribution is 0.469. The second-order valence-corrected chi connectivity index (χ2v) is 5.73. The van der Waals surface area contributed by atoms with Crippen molar-refractivity contribution in [2.75, 3.05) is 0 Å². The smallest absolute Gasteiger partial charge is 0.178 e. The predicted octanol–water partition coefficient (Wildman–Crippen LogP) is 3.81. The van der Waals surface area contributed by atoms with E-state index in [1.54, 1.807) is 0 Å². The minimum Gasteiger partial charge on any atom is -0.331 e. The molecule has 1 N–H and O–H groups in total. The molecule has 3 heteroatoms. The summed E-state index contributed by atoms with van der Waals surface area (Å²) in [6.45, 7) is 5.51. The summed E-state index contributed by atoms with van der Waals surface area (Å²) in [5.41, 5.74) is 4.17. The number of hydrogen-bond donors (Lipinski definition) is 1. The number of aryl methyl sites for hydroxylation is 1. The van der Waals surface area contributed by atoms with Crippen LogP contribution >= 0.6 is 12.2 Å². The highest BCUT2D eigenvalue weighted by atomic mass is 32.1. The van der Waals surface area contributed by atoms with E-state index in [1.807, 2.05) is 0 Å². The third kappa shape index (κ3) is 1.59. The zero-order chi connectivity index (χ0) is 11.3. The first kappa shape index (κ1) is 10.1. The molecule has 84 valence electrons. The Morgan fingerprint density at radius 3 is 2.88 bits per heavy atom. The quantitative estimate of drug-likeness (QED) is 0.781. The van der Waals surface area contributed by atoms with Crippen LogP contribution < -0.4 is 0 Å². The van der Waals surface area contributed by atoms with E-state index in [4.69, 9.17) is 12.2 Å². The molecule has 0 unspecified atom stereocenters. The van der Waals surface area contributed by atoms with Gasteiger partial charge in [-0.2, -0.15) is 0 Å². The SMILES string of the molecule is Cc1ccc2[nH]c(=S)n(CC3(C)CC3)c2c1. The molecule has 2 nitrogen and oxygen atoms in total. The van der Waals surface area contributed by atoms with Crippen LogP contribution in [0.25, 0.3) is 11.0 Å². The molecule has 1 saturated carbocycles. The third-order valence-corrected chi connectivity index (χ3v) is 3.90. The van der Waals surface area contributed by atoms with E-state index in [0.717, 1.165) is 16.8 Å². The Labute approximate surface area is 100 Å². The van der Waals surface area contributed by atoms with Gasteiger partial charge in [0.15, 0.2) is 4.77 Å². The van der Waals surface area contributed by atoms with Crippen LogP contribution in [0.5, 0.6) is 0 Å². The van der Waals surface area contributed by atoms with Gasteiger partial charge in [-0.05, 0) is 55.1 Å². The first-order valence-corrected chi connectivity index (χ1v) is 6.17. The molecule has 1 aliphatic carbocycles. The Balaban J connectivity index is 2.17. The summed E-state index contributed by atoms with van der Waals surface area (Å²) in [5, 5.41) is 0. The maximum absolute atomic E-state index is 5.40. The number of hydrogen-bond acceptors (Lipinski definition) is 1. The minimum atomic E-state index is 0.483. The summed E-state index contributed by atoms with van der Waals surface area (Å²) >= 11 is 5.40. The molecule has 0 spiro atoms. The van der Waals surface area contributed by atoms with E-state index in [0.29, 0.717) is 5.41 Å². The highest BCUT2D eigenvalue weighted by Gasteiger charge is 2.37. The average molecular weight is 232 g/mol. The number of rotatable bonds is 2. The number of nitrogens with zero attached hydrogens (tertiary/aromatic N) is 1. The van der Waals surface area contributed by atoms with Crippen LogP contribution in [-0.4, -0.2) is 9.55 Å². The van der Waals surface area contributed by atoms with Crippen molar-refractivity contribution in [3.63, 3.8) is 0 Å². The standard InChI is InChI=1S/C13H16N2S/c1-9-3-4-10-11(7-9)15(12(16)14-10)8-13(2)5-6-13/h3-4,7H,5-6,8H2,1-2H3,(H,14,16). The lowest BCUT2D eigenvalue weighted by Crippen LogP contribution is -2.07. The number of H-pyrrole nitrogens is 1. The molecule has 0 saturated heterocycles. The summed E-state index contributed by atoms with van der Waals surface area (Å²) in [4.78, 5) is 3.28. The molecule has 1 aliphatic rings. The molecular formula is C13H16N2S. The fraction of sp³-hybridized carbons (Fsp3) is 0.462. The summed E-state index contributed by atoms with van der Waals surface area (Å²) in [6, 6.07) is 6.45. The number of imidazole rings is 1. The van der Waals surface area contributed by atoms with Gasteiger partial charge in [0.2, 0.25) is 0 Å². The monoisotopic (exact) mass is 232 g/mol. The van der Waals surface area contributed by atoms with Crippen molar-refractivity contribution in [3.05, 3.63) is 28.5 Å². The second kappa shape index (κ2) is 3.20. The molecule has 0 aliphatic heterocycles. The van der Waals surface area contributed by atoms with E-state index in [1.165, 1.54) is 23.9 Å². The van der Waals surface area contributed by atoms with Crippen LogP contribution in [0.1, 0.15) is 25.3 Å². The van der Waals surface area contributed by atoms with Crippen molar-refractivity contribution >= 4 is 23.3 Å². The van der Waals surface area contributed by atoms with Crippen LogP contribution in [0.15, 0.2) is 18.2 Å². The Morgan fingerprint density at radius 1 is 1.44 bits per heavy atom. The molecule has 2 aromatic rings. The zero-order valence-electron chi connectivity index (χ0n) is 9.71. The Morgan fingerprint density at radius 2 is 2.19 bits per heavy atom. The van der Waals surface area contributed by atoms with Crippen molar-refractivity contribution in [2.45, 2.75) is 33.2 Å². The van der Waals surface area contributed by atoms with Gasteiger partial charge in [-0.15, -0.1) is 0 Å². The molecule has 1 fully saturated rings. The molecule has 0 radical (unpaired) electrons.